The Hall–Kier alpha value is -3.35. The number of ether oxygens (including phenoxy) is 1. The minimum atomic E-state index is -0.877. The zero-order valence-corrected chi connectivity index (χ0v) is 20.2. The Kier molecular flexibility index (Phi) is 5.82. The standard InChI is InChI=1S/C28H32N2O5/c1-27(2,25(32)33)11-12-29-24(31)28-14-17(28)13-18(15-28)30-26(34)35-16-23-21-9-5-3-7-19(21)20-8-4-6-10-22(20)23/h3-10,17-18,23H,11-16H2,1-2H3,(H,29,31)(H,30,34)(H,32,33)/t17-,18+,28+/m0/s1. The van der Waals surface area contributed by atoms with E-state index in [4.69, 9.17) is 4.74 Å². The van der Waals surface area contributed by atoms with Gasteiger partial charge in [-0.1, -0.05) is 48.5 Å². The van der Waals surface area contributed by atoms with Crippen LogP contribution in [-0.4, -0.2) is 42.3 Å². The summed E-state index contributed by atoms with van der Waals surface area (Å²) >= 11 is 0. The van der Waals surface area contributed by atoms with Crippen LogP contribution in [0.25, 0.3) is 11.1 Å². The molecule has 0 aromatic heterocycles. The summed E-state index contributed by atoms with van der Waals surface area (Å²) in [4.78, 5) is 36.7. The molecule has 184 valence electrons. The van der Waals surface area contributed by atoms with Gasteiger partial charge in [-0.3, -0.25) is 9.59 Å². The minimum Gasteiger partial charge on any atom is -0.481 e. The highest BCUT2D eigenvalue weighted by atomic mass is 16.5. The monoisotopic (exact) mass is 476 g/mol. The highest BCUT2D eigenvalue weighted by molar-refractivity contribution is 5.87. The molecule has 2 aromatic rings. The van der Waals surface area contributed by atoms with Crippen molar-refractivity contribution in [3.8, 4) is 11.1 Å². The van der Waals surface area contributed by atoms with Crippen molar-refractivity contribution in [1.29, 1.82) is 0 Å². The fourth-order valence-corrected chi connectivity index (χ4v) is 5.87. The van der Waals surface area contributed by atoms with Crippen molar-refractivity contribution in [3.05, 3.63) is 59.7 Å². The van der Waals surface area contributed by atoms with Crippen LogP contribution in [0.4, 0.5) is 4.79 Å². The predicted molar refractivity (Wildman–Crippen MR) is 131 cm³/mol. The van der Waals surface area contributed by atoms with Crippen molar-refractivity contribution in [2.45, 2.75) is 51.5 Å². The number of carboxylic acid groups (broad SMARTS) is 1. The Bertz CT molecular complexity index is 1130. The smallest absolute Gasteiger partial charge is 0.407 e. The molecule has 7 nitrogen and oxygen atoms in total. The average Bonchev–Trinajstić information content (AvgIpc) is 3.26. The van der Waals surface area contributed by atoms with Crippen molar-refractivity contribution in [2.75, 3.05) is 13.2 Å². The molecule has 0 saturated heterocycles. The summed E-state index contributed by atoms with van der Waals surface area (Å²) in [6.45, 7) is 3.91. The molecule has 0 bridgehead atoms. The Balaban J connectivity index is 1.12. The van der Waals surface area contributed by atoms with Gasteiger partial charge in [0.05, 0.1) is 10.8 Å². The van der Waals surface area contributed by atoms with Crippen molar-refractivity contribution < 1.29 is 24.2 Å². The number of benzene rings is 2. The number of alkyl carbamates (subject to hydrolysis) is 1. The van der Waals surface area contributed by atoms with E-state index in [0.29, 0.717) is 19.4 Å². The van der Waals surface area contributed by atoms with Gasteiger partial charge in [0.15, 0.2) is 0 Å². The number of hydrogen-bond acceptors (Lipinski definition) is 4. The molecule has 3 atom stereocenters. The quantitative estimate of drug-likeness (QED) is 0.527. The molecule has 0 heterocycles. The summed E-state index contributed by atoms with van der Waals surface area (Å²) in [7, 11) is 0. The lowest BCUT2D eigenvalue weighted by atomic mass is 9.89. The van der Waals surface area contributed by atoms with Gasteiger partial charge in [-0.15, -0.1) is 0 Å². The number of carbonyl (C=O) groups is 3. The van der Waals surface area contributed by atoms with E-state index in [1.54, 1.807) is 13.8 Å². The van der Waals surface area contributed by atoms with Crippen LogP contribution in [0.15, 0.2) is 48.5 Å². The Morgan fingerprint density at radius 1 is 1.03 bits per heavy atom. The summed E-state index contributed by atoms with van der Waals surface area (Å²) in [5, 5.41) is 15.1. The van der Waals surface area contributed by atoms with E-state index in [1.165, 1.54) is 22.3 Å². The fraction of sp³-hybridized carbons (Fsp3) is 0.464. The lowest BCUT2D eigenvalue weighted by molar-refractivity contribution is -0.147. The first-order chi connectivity index (χ1) is 16.7. The van der Waals surface area contributed by atoms with E-state index in [0.717, 1.165) is 12.8 Å². The maximum Gasteiger partial charge on any atom is 0.407 e. The Morgan fingerprint density at radius 3 is 2.29 bits per heavy atom. The van der Waals surface area contributed by atoms with Crippen LogP contribution in [0, 0.1) is 16.7 Å². The molecular weight excluding hydrogens is 444 g/mol. The van der Waals surface area contributed by atoms with Crippen LogP contribution in [0.3, 0.4) is 0 Å². The van der Waals surface area contributed by atoms with E-state index in [-0.39, 0.29) is 30.4 Å². The molecule has 2 amide bonds. The lowest BCUT2D eigenvalue weighted by Crippen LogP contribution is -2.39. The largest absolute Gasteiger partial charge is 0.481 e. The van der Waals surface area contributed by atoms with E-state index >= 15 is 0 Å². The van der Waals surface area contributed by atoms with E-state index in [2.05, 4.69) is 34.9 Å². The highest BCUT2D eigenvalue weighted by Gasteiger charge is 2.65. The van der Waals surface area contributed by atoms with Crippen molar-refractivity contribution in [3.63, 3.8) is 0 Å². The summed E-state index contributed by atoms with van der Waals surface area (Å²) < 4.78 is 5.66. The number of amides is 2. The minimum absolute atomic E-state index is 0.0114. The van der Waals surface area contributed by atoms with E-state index in [9.17, 15) is 19.5 Å². The topological polar surface area (TPSA) is 105 Å². The molecule has 2 saturated carbocycles. The lowest BCUT2D eigenvalue weighted by Gasteiger charge is -2.21. The molecular formula is C28H32N2O5. The van der Waals surface area contributed by atoms with Crippen molar-refractivity contribution in [2.24, 2.45) is 16.7 Å². The number of fused-ring (bicyclic) bond motifs is 4. The first-order valence-corrected chi connectivity index (χ1v) is 12.3. The summed E-state index contributed by atoms with van der Waals surface area (Å²) in [5.74, 6) is -0.630. The summed E-state index contributed by atoms with van der Waals surface area (Å²) in [6.07, 6.45) is 2.10. The molecule has 5 rings (SSSR count). The summed E-state index contributed by atoms with van der Waals surface area (Å²) in [6, 6.07) is 16.4. The molecule has 35 heavy (non-hydrogen) atoms. The molecule has 0 radical (unpaired) electrons. The maximum atomic E-state index is 12.8. The zero-order chi connectivity index (χ0) is 24.8. The van der Waals surface area contributed by atoms with Gasteiger partial charge in [0.1, 0.15) is 6.61 Å². The highest BCUT2D eigenvalue weighted by Crippen LogP contribution is 2.63. The number of rotatable bonds is 8. The van der Waals surface area contributed by atoms with Gasteiger partial charge in [0, 0.05) is 18.5 Å². The maximum absolute atomic E-state index is 12.8. The summed E-state index contributed by atoms with van der Waals surface area (Å²) in [5.41, 5.74) is 3.41. The predicted octanol–water partition coefficient (Wildman–Crippen LogP) is 4.31. The van der Waals surface area contributed by atoms with Crippen LogP contribution >= 0.6 is 0 Å². The van der Waals surface area contributed by atoms with E-state index in [1.807, 2.05) is 24.3 Å². The first-order valence-electron chi connectivity index (χ1n) is 12.3. The molecule has 3 aliphatic carbocycles. The normalized spacial score (nSPS) is 24.2. The number of aliphatic carboxylic acids is 1. The molecule has 0 spiro atoms. The number of carboxylic acids is 1. The Labute approximate surface area is 205 Å². The van der Waals surface area contributed by atoms with Gasteiger partial charge < -0.3 is 20.5 Å². The Morgan fingerprint density at radius 2 is 1.66 bits per heavy atom. The fourth-order valence-electron chi connectivity index (χ4n) is 5.87. The van der Waals surface area contributed by atoms with Crippen LogP contribution in [-0.2, 0) is 14.3 Å². The molecule has 2 aromatic carbocycles. The van der Waals surface area contributed by atoms with Gasteiger partial charge in [-0.05, 0) is 67.7 Å². The molecule has 0 aliphatic heterocycles. The average molecular weight is 477 g/mol. The first kappa shape index (κ1) is 23.4. The van der Waals surface area contributed by atoms with Gasteiger partial charge in [0.2, 0.25) is 5.91 Å². The van der Waals surface area contributed by atoms with Crippen molar-refractivity contribution in [1.82, 2.24) is 10.6 Å². The third kappa shape index (κ3) is 4.28. The molecule has 7 heteroatoms. The second kappa shape index (κ2) is 8.70. The van der Waals surface area contributed by atoms with Crippen LogP contribution in [0.5, 0.6) is 0 Å². The number of carbonyl (C=O) groups excluding carboxylic acids is 2. The SMILES string of the molecule is CC(C)(CCNC(=O)[C@]12C[C@H](NC(=O)OCC3c4ccccc4-c4ccccc43)C[C@H]1C2)C(=O)O. The zero-order valence-electron chi connectivity index (χ0n) is 20.2. The van der Waals surface area contributed by atoms with Crippen LogP contribution < -0.4 is 10.6 Å². The molecule has 0 unspecified atom stereocenters. The molecule has 3 N–H and O–H groups in total. The third-order valence-electron chi connectivity index (χ3n) is 8.14. The third-order valence-corrected chi connectivity index (χ3v) is 8.14. The van der Waals surface area contributed by atoms with Gasteiger partial charge in [0.25, 0.3) is 0 Å². The molecule has 3 aliphatic rings. The van der Waals surface area contributed by atoms with Crippen molar-refractivity contribution >= 4 is 18.0 Å². The second-order valence-electron chi connectivity index (χ2n) is 10.9. The van der Waals surface area contributed by atoms with Gasteiger partial charge >= 0.3 is 12.1 Å². The van der Waals surface area contributed by atoms with Crippen LogP contribution in [0.1, 0.15) is 56.6 Å². The number of hydrogen-bond donors (Lipinski definition) is 3. The van der Waals surface area contributed by atoms with Gasteiger partial charge in [-0.25, -0.2) is 4.79 Å². The van der Waals surface area contributed by atoms with E-state index < -0.39 is 22.9 Å². The molecule has 2 fully saturated rings. The second-order valence-corrected chi connectivity index (χ2v) is 10.9. The van der Waals surface area contributed by atoms with Crippen LogP contribution in [0.2, 0.25) is 0 Å². The number of nitrogens with one attached hydrogen (secondary N) is 2. The van der Waals surface area contributed by atoms with Gasteiger partial charge in [-0.2, -0.15) is 0 Å².